The lowest BCUT2D eigenvalue weighted by atomic mass is 10.1. The number of likely N-dealkylation sites (tertiary alicyclic amines) is 1. The quantitative estimate of drug-likeness (QED) is 0.736. The van der Waals surface area contributed by atoms with Gasteiger partial charge in [0.15, 0.2) is 0 Å². The van der Waals surface area contributed by atoms with Crippen molar-refractivity contribution in [3.8, 4) is 0 Å². The molecule has 1 heterocycles. The summed E-state index contributed by atoms with van der Waals surface area (Å²) in [5.74, 6) is 0.0444. The SMILES string of the molecule is [CH]c1ccc(C(=O)N2CC[C@@H](N)C2)cc1. The van der Waals surface area contributed by atoms with Crippen molar-refractivity contribution in [3.63, 3.8) is 0 Å². The second kappa shape index (κ2) is 4.03. The number of rotatable bonds is 1. The minimum Gasteiger partial charge on any atom is -0.337 e. The normalized spacial score (nSPS) is 20.7. The first-order valence-corrected chi connectivity index (χ1v) is 5.07. The lowest BCUT2D eigenvalue weighted by molar-refractivity contribution is 0.0791. The molecule has 0 spiro atoms. The molecule has 1 atom stereocenters. The number of hydrogen-bond donors (Lipinski definition) is 1. The van der Waals surface area contributed by atoms with E-state index in [4.69, 9.17) is 12.7 Å². The molecule has 2 rings (SSSR count). The second-order valence-electron chi connectivity index (χ2n) is 3.92. The highest BCUT2D eigenvalue weighted by Crippen LogP contribution is 2.12. The van der Waals surface area contributed by atoms with Gasteiger partial charge in [0.25, 0.3) is 5.91 Å². The average molecular weight is 202 g/mol. The Kier molecular flexibility index (Phi) is 2.73. The van der Waals surface area contributed by atoms with E-state index in [1.54, 1.807) is 29.2 Å². The molecule has 78 valence electrons. The summed E-state index contributed by atoms with van der Waals surface area (Å²) < 4.78 is 0. The molecule has 3 heteroatoms. The Morgan fingerprint density at radius 1 is 1.40 bits per heavy atom. The van der Waals surface area contributed by atoms with Crippen LogP contribution in [0.15, 0.2) is 24.3 Å². The molecule has 0 bridgehead atoms. The lowest BCUT2D eigenvalue weighted by Gasteiger charge is -2.15. The van der Waals surface area contributed by atoms with Crippen molar-refractivity contribution in [1.82, 2.24) is 4.90 Å². The van der Waals surface area contributed by atoms with E-state index < -0.39 is 0 Å². The largest absolute Gasteiger partial charge is 0.337 e. The van der Waals surface area contributed by atoms with E-state index in [9.17, 15) is 4.79 Å². The van der Waals surface area contributed by atoms with Crippen LogP contribution in [0.25, 0.3) is 0 Å². The Hall–Kier alpha value is -1.35. The monoisotopic (exact) mass is 202 g/mol. The van der Waals surface area contributed by atoms with E-state index in [0.29, 0.717) is 17.7 Å². The first kappa shape index (κ1) is 10.2. The Labute approximate surface area is 89.9 Å². The average Bonchev–Trinajstić information content (AvgIpc) is 2.65. The predicted octanol–water partition coefficient (Wildman–Crippen LogP) is 0.919. The number of amides is 1. The van der Waals surface area contributed by atoms with Gasteiger partial charge in [0.1, 0.15) is 0 Å². The van der Waals surface area contributed by atoms with Crippen molar-refractivity contribution in [2.45, 2.75) is 12.5 Å². The first-order chi connectivity index (χ1) is 7.16. The van der Waals surface area contributed by atoms with Gasteiger partial charge in [-0.3, -0.25) is 4.79 Å². The van der Waals surface area contributed by atoms with Crippen molar-refractivity contribution in [2.75, 3.05) is 13.1 Å². The molecule has 1 saturated heterocycles. The zero-order chi connectivity index (χ0) is 10.8. The first-order valence-electron chi connectivity index (χ1n) is 5.07. The van der Waals surface area contributed by atoms with Crippen LogP contribution in [0.2, 0.25) is 0 Å². The summed E-state index contributed by atoms with van der Waals surface area (Å²) in [6.07, 6.45) is 0.890. The van der Waals surface area contributed by atoms with Gasteiger partial charge in [0.2, 0.25) is 0 Å². The smallest absolute Gasteiger partial charge is 0.253 e. The number of nitrogens with zero attached hydrogens (tertiary/aromatic N) is 1. The Bertz CT molecular complexity index is 358. The summed E-state index contributed by atoms with van der Waals surface area (Å²) in [7, 11) is 0. The third-order valence-electron chi connectivity index (χ3n) is 2.67. The van der Waals surface area contributed by atoms with Gasteiger partial charge in [0, 0.05) is 24.7 Å². The van der Waals surface area contributed by atoms with Gasteiger partial charge < -0.3 is 10.6 Å². The van der Waals surface area contributed by atoms with Crippen LogP contribution >= 0.6 is 0 Å². The molecule has 1 aliphatic rings. The van der Waals surface area contributed by atoms with Crippen molar-refractivity contribution in [2.24, 2.45) is 5.73 Å². The molecule has 0 aliphatic carbocycles. The molecular weight excluding hydrogens is 188 g/mol. The maximum atomic E-state index is 11.9. The number of carbonyl (C=O) groups is 1. The maximum Gasteiger partial charge on any atom is 0.253 e. The molecule has 0 unspecified atom stereocenters. The van der Waals surface area contributed by atoms with Crippen molar-refractivity contribution < 1.29 is 4.79 Å². The van der Waals surface area contributed by atoms with Gasteiger partial charge in [-0.1, -0.05) is 12.1 Å². The van der Waals surface area contributed by atoms with Gasteiger partial charge in [-0.05, 0) is 31.0 Å². The van der Waals surface area contributed by atoms with Crippen molar-refractivity contribution in [1.29, 1.82) is 0 Å². The van der Waals surface area contributed by atoms with Crippen LogP contribution in [0, 0.1) is 6.92 Å². The molecule has 1 aromatic carbocycles. The highest BCUT2D eigenvalue weighted by atomic mass is 16.2. The fourth-order valence-corrected chi connectivity index (χ4v) is 1.78. The summed E-state index contributed by atoms with van der Waals surface area (Å²) in [5.41, 5.74) is 7.10. The van der Waals surface area contributed by atoms with Crippen LogP contribution < -0.4 is 5.73 Å². The summed E-state index contributed by atoms with van der Waals surface area (Å²) in [6, 6.07) is 7.11. The van der Waals surface area contributed by atoms with Crippen molar-refractivity contribution >= 4 is 5.91 Å². The fourth-order valence-electron chi connectivity index (χ4n) is 1.78. The topological polar surface area (TPSA) is 46.3 Å². The molecule has 0 saturated carbocycles. The number of benzene rings is 1. The van der Waals surface area contributed by atoms with Gasteiger partial charge in [0.05, 0.1) is 0 Å². The number of carbonyl (C=O) groups excluding carboxylic acids is 1. The maximum absolute atomic E-state index is 11.9. The highest BCUT2D eigenvalue weighted by Gasteiger charge is 2.24. The van der Waals surface area contributed by atoms with E-state index in [1.807, 2.05) is 0 Å². The van der Waals surface area contributed by atoms with E-state index in [2.05, 4.69) is 0 Å². The zero-order valence-electron chi connectivity index (χ0n) is 8.52. The van der Waals surface area contributed by atoms with Crippen LogP contribution in [-0.4, -0.2) is 29.9 Å². The zero-order valence-corrected chi connectivity index (χ0v) is 8.52. The van der Waals surface area contributed by atoms with Crippen LogP contribution in [0.5, 0.6) is 0 Å². The molecule has 1 aromatic rings. The molecule has 1 fully saturated rings. The van der Waals surface area contributed by atoms with Gasteiger partial charge >= 0.3 is 0 Å². The third-order valence-corrected chi connectivity index (χ3v) is 2.67. The summed E-state index contributed by atoms with van der Waals surface area (Å²) in [5, 5.41) is 0. The van der Waals surface area contributed by atoms with Crippen LogP contribution in [0.4, 0.5) is 0 Å². The lowest BCUT2D eigenvalue weighted by Crippen LogP contribution is -2.31. The molecule has 2 radical (unpaired) electrons. The van der Waals surface area contributed by atoms with E-state index in [0.717, 1.165) is 13.0 Å². The Morgan fingerprint density at radius 3 is 2.60 bits per heavy atom. The summed E-state index contributed by atoms with van der Waals surface area (Å²) in [6.45, 7) is 6.97. The Morgan fingerprint density at radius 2 is 2.07 bits per heavy atom. The molecule has 1 aliphatic heterocycles. The fraction of sp³-hybridized carbons (Fsp3) is 0.333. The standard InChI is InChI=1S/C12H14N2O/c1-9-2-4-10(5-3-9)12(15)14-7-6-11(13)8-14/h1-5,11H,6-8,13H2/t11-/m1/s1. The summed E-state index contributed by atoms with van der Waals surface area (Å²) in [4.78, 5) is 13.7. The van der Waals surface area contributed by atoms with Crippen LogP contribution in [0.1, 0.15) is 22.3 Å². The van der Waals surface area contributed by atoms with Crippen molar-refractivity contribution in [3.05, 3.63) is 42.3 Å². The van der Waals surface area contributed by atoms with E-state index in [-0.39, 0.29) is 11.9 Å². The Balaban J connectivity index is 2.11. The van der Waals surface area contributed by atoms with Crippen LogP contribution in [-0.2, 0) is 0 Å². The highest BCUT2D eigenvalue weighted by molar-refractivity contribution is 5.94. The molecular formula is C12H14N2O. The molecule has 15 heavy (non-hydrogen) atoms. The summed E-state index contributed by atoms with van der Waals surface area (Å²) >= 11 is 0. The minimum atomic E-state index is 0.0444. The molecule has 0 aromatic heterocycles. The van der Waals surface area contributed by atoms with Gasteiger partial charge in [-0.2, -0.15) is 0 Å². The van der Waals surface area contributed by atoms with E-state index >= 15 is 0 Å². The molecule has 3 nitrogen and oxygen atoms in total. The van der Waals surface area contributed by atoms with Gasteiger partial charge in [-0.15, -0.1) is 0 Å². The van der Waals surface area contributed by atoms with Gasteiger partial charge in [-0.25, -0.2) is 0 Å². The van der Waals surface area contributed by atoms with E-state index in [1.165, 1.54) is 0 Å². The predicted molar refractivity (Wildman–Crippen MR) is 58.3 cm³/mol. The third kappa shape index (κ3) is 2.18. The van der Waals surface area contributed by atoms with Crippen LogP contribution in [0.3, 0.4) is 0 Å². The number of nitrogens with two attached hydrogens (primary N) is 1. The molecule has 2 N–H and O–H groups in total. The minimum absolute atomic E-state index is 0.0444. The molecule has 1 amide bonds. The second-order valence-corrected chi connectivity index (χ2v) is 3.92. The number of hydrogen-bond acceptors (Lipinski definition) is 2.